The van der Waals surface area contributed by atoms with Gasteiger partial charge in [0, 0.05) is 42.7 Å². The maximum absolute atomic E-state index is 11.0. The largest absolute Gasteiger partial charge is 0.421 e. The fourth-order valence-electron chi connectivity index (χ4n) is 1.28. The number of H-pyrrole nitrogens is 1. The van der Waals surface area contributed by atoms with Crippen LogP contribution in [0.5, 0.6) is 5.75 Å². The van der Waals surface area contributed by atoms with E-state index in [0.29, 0.717) is 5.75 Å². The Kier molecular flexibility index (Phi) is 3.81. The van der Waals surface area contributed by atoms with Crippen LogP contribution in [0, 0.1) is 0 Å². The summed E-state index contributed by atoms with van der Waals surface area (Å²) in [7, 11) is 0. The Morgan fingerprint density at radius 1 is 1.40 bits per heavy atom. The topological polar surface area (TPSA) is 42.1 Å². The summed E-state index contributed by atoms with van der Waals surface area (Å²) >= 11 is 0. The monoisotopic (exact) mass is 251 g/mol. The predicted molar refractivity (Wildman–Crippen MR) is 54.1 cm³/mol. The molecule has 1 heterocycles. The van der Waals surface area contributed by atoms with E-state index >= 15 is 0 Å². The van der Waals surface area contributed by atoms with E-state index in [1.807, 2.05) is 24.3 Å². The third-order valence-electron chi connectivity index (χ3n) is 1.93. The number of para-hydroxylation sites is 1. The molecule has 0 unspecified atom stereocenters. The Morgan fingerprint density at radius 3 is 2.87 bits per heavy atom. The number of rotatable bonds is 2. The molecule has 1 N–H and O–H groups in total. The molecule has 0 aliphatic carbocycles. The zero-order valence-corrected chi connectivity index (χ0v) is 11.2. The van der Waals surface area contributed by atoms with E-state index in [9.17, 15) is 4.79 Å². The number of nitrogens with one attached hydrogen (secondary N) is 1. The first-order valence-corrected chi connectivity index (χ1v) is 4.21. The van der Waals surface area contributed by atoms with Crippen molar-refractivity contribution >= 4 is 16.9 Å². The van der Waals surface area contributed by atoms with Crippen LogP contribution in [0.2, 0.25) is 0 Å². The van der Waals surface area contributed by atoms with Crippen molar-refractivity contribution in [2.45, 2.75) is 0 Å². The van der Waals surface area contributed by atoms with Crippen molar-refractivity contribution in [1.29, 1.82) is 0 Å². The standard InChI is InChI=1S/C11H9NO2.Zn/c1-2-11(13)14-10-7-12-9-6-4-3-5-8(9)10;/h2-7,12H,1H2;. The van der Waals surface area contributed by atoms with E-state index in [4.69, 9.17) is 4.74 Å². The molecule has 0 saturated heterocycles. The molecule has 0 aliphatic heterocycles. The number of hydrogen-bond acceptors (Lipinski definition) is 2. The molecule has 0 spiro atoms. The summed E-state index contributed by atoms with van der Waals surface area (Å²) in [6.07, 6.45) is 2.80. The van der Waals surface area contributed by atoms with Crippen LogP contribution in [-0.2, 0) is 24.3 Å². The SMILES string of the molecule is C=CC(=O)Oc1c[nH]c2ccccc12.[Zn]. The Hall–Kier alpha value is -1.41. The molecule has 0 saturated carbocycles. The fourth-order valence-corrected chi connectivity index (χ4v) is 1.28. The van der Waals surface area contributed by atoms with E-state index in [1.165, 1.54) is 0 Å². The first-order valence-electron chi connectivity index (χ1n) is 4.21. The average Bonchev–Trinajstić information content (AvgIpc) is 2.62. The average molecular weight is 253 g/mol. The van der Waals surface area contributed by atoms with Gasteiger partial charge in [-0.2, -0.15) is 0 Å². The Labute approximate surface area is 99.9 Å². The Morgan fingerprint density at radius 2 is 2.13 bits per heavy atom. The quantitative estimate of drug-likeness (QED) is 0.506. The first-order chi connectivity index (χ1) is 6.81. The number of ether oxygens (including phenoxy) is 1. The third-order valence-corrected chi connectivity index (χ3v) is 1.93. The number of esters is 1. The molecule has 15 heavy (non-hydrogen) atoms. The van der Waals surface area contributed by atoms with Crippen LogP contribution in [0.1, 0.15) is 0 Å². The number of aromatic nitrogens is 1. The van der Waals surface area contributed by atoms with Crippen LogP contribution in [0.3, 0.4) is 0 Å². The van der Waals surface area contributed by atoms with Crippen LogP contribution in [0.4, 0.5) is 0 Å². The van der Waals surface area contributed by atoms with Crippen LogP contribution < -0.4 is 4.74 Å². The molecule has 0 amide bonds. The van der Waals surface area contributed by atoms with E-state index < -0.39 is 5.97 Å². The van der Waals surface area contributed by atoms with Gasteiger partial charge in [-0.3, -0.25) is 0 Å². The van der Waals surface area contributed by atoms with E-state index in [2.05, 4.69) is 11.6 Å². The van der Waals surface area contributed by atoms with Crippen LogP contribution >= 0.6 is 0 Å². The summed E-state index contributed by atoms with van der Waals surface area (Å²) in [4.78, 5) is 14.0. The van der Waals surface area contributed by atoms with E-state index in [-0.39, 0.29) is 19.5 Å². The molecule has 4 heteroatoms. The van der Waals surface area contributed by atoms with E-state index in [0.717, 1.165) is 17.0 Å². The van der Waals surface area contributed by atoms with Gasteiger partial charge in [-0.1, -0.05) is 18.7 Å². The smallest absolute Gasteiger partial charge is 0.335 e. The molecule has 0 fully saturated rings. The first kappa shape index (κ1) is 11.7. The van der Waals surface area contributed by atoms with E-state index in [1.54, 1.807) is 6.20 Å². The third kappa shape index (κ3) is 2.34. The molecule has 0 radical (unpaired) electrons. The molecule has 2 aromatic rings. The van der Waals surface area contributed by atoms with Crippen molar-refractivity contribution in [3.05, 3.63) is 43.1 Å². The maximum atomic E-state index is 11.0. The number of hydrogen-bond donors (Lipinski definition) is 1. The van der Waals surface area contributed by atoms with Gasteiger partial charge in [-0.15, -0.1) is 0 Å². The predicted octanol–water partition coefficient (Wildman–Crippen LogP) is 2.26. The van der Waals surface area contributed by atoms with Gasteiger partial charge >= 0.3 is 5.97 Å². The second-order valence-corrected chi connectivity index (χ2v) is 2.82. The van der Waals surface area contributed by atoms with Crippen LogP contribution in [0.25, 0.3) is 10.9 Å². The van der Waals surface area contributed by atoms with Crippen molar-refractivity contribution in [2.24, 2.45) is 0 Å². The van der Waals surface area contributed by atoms with Crippen molar-refractivity contribution < 1.29 is 29.0 Å². The van der Waals surface area contributed by atoms with Crippen molar-refractivity contribution in [1.82, 2.24) is 4.98 Å². The zero-order valence-electron chi connectivity index (χ0n) is 8.19. The van der Waals surface area contributed by atoms with Crippen LogP contribution in [0.15, 0.2) is 43.1 Å². The van der Waals surface area contributed by atoms with Gasteiger partial charge in [-0.25, -0.2) is 4.79 Å². The second-order valence-electron chi connectivity index (χ2n) is 2.82. The minimum atomic E-state index is -0.449. The number of aromatic amines is 1. The molecule has 1 aromatic carbocycles. The number of fused-ring (bicyclic) bond motifs is 1. The molecule has 3 nitrogen and oxygen atoms in total. The zero-order chi connectivity index (χ0) is 9.97. The number of carbonyl (C=O) groups is 1. The molecule has 0 aliphatic rings. The minimum absolute atomic E-state index is 0. The summed E-state index contributed by atoms with van der Waals surface area (Å²) in [5.74, 6) is 0.0836. The molecule has 1 aromatic heterocycles. The van der Waals surface area contributed by atoms with Crippen molar-refractivity contribution in [2.75, 3.05) is 0 Å². The van der Waals surface area contributed by atoms with Gasteiger partial charge in [0.15, 0.2) is 5.75 Å². The summed E-state index contributed by atoms with van der Waals surface area (Å²) in [6.45, 7) is 3.34. The van der Waals surface area contributed by atoms with Gasteiger partial charge in [0.05, 0.1) is 0 Å². The summed E-state index contributed by atoms with van der Waals surface area (Å²) < 4.78 is 5.03. The molecular formula is C11H9NO2Zn. The van der Waals surface area contributed by atoms with Gasteiger partial charge in [-0.05, 0) is 12.1 Å². The summed E-state index contributed by atoms with van der Waals surface area (Å²) in [5.41, 5.74) is 0.944. The molecule has 0 bridgehead atoms. The second kappa shape index (κ2) is 4.90. The van der Waals surface area contributed by atoms with Crippen molar-refractivity contribution in [3.63, 3.8) is 0 Å². The number of benzene rings is 1. The minimum Gasteiger partial charge on any atom is -0.421 e. The number of carbonyl (C=O) groups excluding carboxylic acids is 1. The molecule has 2 rings (SSSR count). The normalized spacial score (nSPS) is 9.33. The van der Waals surface area contributed by atoms with Gasteiger partial charge in [0.2, 0.25) is 0 Å². The van der Waals surface area contributed by atoms with Crippen molar-refractivity contribution in [3.8, 4) is 5.75 Å². The van der Waals surface area contributed by atoms with Gasteiger partial charge in [0.1, 0.15) is 0 Å². The van der Waals surface area contributed by atoms with Crippen LogP contribution in [-0.4, -0.2) is 11.0 Å². The summed E-state index contributed by atoms with van der Waals surface area (Å²) in [5, 5.41) is 0.891. The molecule has 72 valence electrons. The maximum Gasteiger partial charge on any atom is 0.335 e. The molecule has 0 atom stereocenters. The Balaban J connectivity index is 0.00000112. The Bertz CT molecular complexity index is 490. The summed E-state index contributed by atoms with van der Waals surface area (Å²) in [6, 6.07) is 7.61. The van der Waals surface area contributed by atoms with Gasteiger partial charge < -0.3 is 9.72 Å². The molecular weight excluding hydrogens is 244 g/mol. The van der Waals surface area contributed by atoms with Gasteiger partial charge in [0.25, 0.3) is 0 Å². The fraction of sp³-hybridized carbons (Fsp3) is 0.